The summed E-state index contributed by atoms with van der Waals surface area (Å²) in [6.45, 7) is 8.48. The number of hydrogen-bond donors (Lipinski definition) is 4. The molecule has 0 heterocycles. The number of nitrogens with one attached hydrogen (secondary N) is 3. The maximum atomic E-state index is 12.7. The number of guanidine groups is 1. The predicted octanol–water partition coefficient (Wildman–Crippen LogP) is 2.00. The molecule has 5 N–H and O–H groups in total. The lowest BCUT2D eigenvalue weighted by molar-refractivity contribution is -0.525. The predicted molar refractivity (Wildman–Crippen MR) is 127 cm³/mol. The minimum atomic E-state index is -0.796. The molecule has 0 aromatic rings. The van der Waals surface area contributed by atoms with E-state index in [1.807, 2.05) is 13.8 Å². The Morgan fingerprint density at radius 2 is 1.81 bits per heavy atom. The number of aliphatic imine (C=N–C) groups is 1. The van der Waals surface area contributed by atoms with Crippen molar-refractivity contribution in [2.24, 2.45) is 22.6 Å². The molecule has 0 bridgehead atoms. The second-order valence-corrected chi connectivity index (χ2v) is 8.60. The molecule has 0 saturated heterocycles. The standard InChI is InChI=1S/C21H41BN6O4/c1-5-7-9-16(6-2)11-12-19(29)25-17(20(30)26-18(22)14-15(3)4)10-8-13-24-21(23)27-28(31)32/h15-18H,5-14H2,1-4H3,(H,25,29)(H,26,30)(H3,23,24,27)/t16-,17-,18-/m0/s1. The number of carbonyl (C=O) groups is 2. The van der Waals surface area contributed by atoms with Crippen LogP contribution in [-0.2, 0) is 9.59 Å². The van der Waals surface area contributed by atoms with Gasteiger partial charge in [-0.25, -0.2) is 15.1 Å². The van der Waals surface area contributed by atoms with Crippen LogP contribution in [0.4, 0.5) is 0 Å². The van der Waals surface area contributed by atoms with Crippen molar-refractivity contribution in [1.29, 1.82) is 0 Å². The molecule has 0 unspecified atom stereocenters. The lowest BCUT2D eigenvalue weighted by Gasteiger charge is -2.23. The molecule has 2 amide bonds. The highest BCUT2D eigenvalue weighted by Crippen LogP contribution is 2.18. The first-order chi connectivity index (χ1) is 15.1. The highest BCUT2D eigenvalue weighted by Gasteiger charge is 2.22. The first-order valence-corrected chi connectivity index (χ1v) is 11.6. The number of carbonyl (C=O) groups excluding carboxylic acids is 2. The SMILES string of the molecule is [B][C@H](CC(C)C)NC(=O)[C@H](CCCN=C(N)N[N+](=O)[O-])NC(=O)CC[C@@H](CC)CCCC. The molecular formula is C21H41BN6O4. The Bertz CT molecular complexity index is 603. The largest absolute Gasteiger partial charge is 0.365 e. The summed E-state index contributed by atoms with van der Waals surface area (Å²) >= 11 is 0. The molecule has 182 valence electrons. The van der Waals surface area contributed by atoms with Crippen LogP contribution < -0.4 is 21.8 Å². The molecule has 0 fully saturated rings. The Morgan fingerprint density at radius 3 is 2.38 bits per heavy atom. The van der Waals surface area contributed by atoms with Crippen LogP contribution in [-0.4, -0.2) is 49.2 Å². The third-order valence-electron chi connectivity index (χ3n) is 5.17. The normalized spacial score (nSPS) is 14.5. The molecule has 3 atom stereocenters. The third-order valence-corrected chi connectivity index (χ3v) is 5.17. The van der Waals surface area contributed by atoms with Crippen molar-refractivity contribution < 1.29 is 14.6 Å². The topological polar surface area (TPSA) is 152 Å². The van der Waals surface area contributed by atoms with Crippen LogP contribution in [0.3, 0.4) is 0 Å². The molecule has 2 radical (unpaired) electrons. The van der Waals surface area contributed by atoms with Crippen molar-refractivity contribution in [3.63, 3.8) is 0 Å². The van der Waals surface area contributed by atoms with Gasteiger partial charge in [0, 0.05) is 13.0 Å². The molecule has 0 rings (SSSR count). The van der Waals surface area contributed by atoms with Crippen LogP contribution >= 0.6 is 0 Å². The number of nitrogens with zero attached hydrogens (tertiary/aromatic N) is 2. The second-order valence-electron chi connectivity index (χ2n) is 8.60. The van der Waals surface area contributed by atoms with Gasteiger partial charge in [0.25, 0.3) is 5.96 Å². The van der Waals surface area contributed by atoms with Gasteiger partial charge >= 0.3 is 0 Å². The Morgan fingerprint density at radius 1 is 1.12 bits per heavy atom. The quantitative estimate of drug-likeness (QED) is 0.0662. The maximum absolute atomic E-state index is 12.7. The summed E-state index contributed by atoms with van der Waals surface area (Å²) in [6, 6.07) is -0.753. The zero-order chi connectivity index (χ0) is 24.5. The van der Waals surface area contributed by atoms with Gasteiger partial charge in [-0.05, 0) is 43.5 Å². The van der Waals surface area contributed by atoms with Crippen LogP contribution in [0.15, 0.2) is 4.99 Å². The average Bonchev–Trinajstić information content (AvgIpc) is 2.69. The van der Waals surface area contributed by atoms with Gasteiger partial charge < -0.3 is 16.4 Å². The minimum absolute atomic E-state index is 0.171. The van der Waals surface area contributed by atoms with E-state index < -0.39 is 17.0 Å². The third kappa shape index (κ3) is 15.5. The van der Waals surface area contributed by atoms with Crippen molar-refractivity contribution in [2.45, 2.75) is 97.5 Å². The summed E-state index contributed by atoms with van der Waals surface area (Å²) in [5, 5.41) is 15.1. The number of nitro groups is 1. The van der Waals surface area contributed by atoms with Crippen LogP contribution in [0.1, 0.15) is 85.5 Å². The first-order valence-electron chi connectivity index (χ1n) is 11.6. The first kappa shape index (κ1) is 29.7. The van der Waals surface area contributed by atoms with Gasteiger partial charge in [0.1, 0.15) is 6.04 Å². The van der Waals surface area contributed by atoms with E-state index in [1.165, 1.54) is 0 Å². The lowest BCUT2D eigenvalue weighted by Crippen LogP contribution is -2.50. The summed E-state index contributed by atoms with van der Waals surface area (Å²) < 4.78 is 0. The molecule has 10 nitrogen and oxygen atoms in total. The van der Waals surface area contributed by atoms with E-state index in [0.717, 1.165) is 32.1 Å². The fourth-order valence-electron chi connectivity index (χ4n) is 3.39. The molecule has 0 aromatic carbocycles. The van der Waals surface area contributed by atoms with E-state index in [1.54, 1.807) is 5.43 Å². The minimum Gasteiger partial charge on any atom is -0.365 e. The van der Waals surface area contributed by atoms with Gasteiger partial charge in [0.15, 0.2) is 5.03 Å². The van der Waals surface area contributed by atoms with Crippen LogP contribution in [0, 0.1) is 22.0 Å². The average molecular weight is 452 g/mol. The molecular weight excluding hydrogens is 411 g/mol. The molecule has 0 aromatic heterocycles. The molecule has 0 spiro atoms. The van der Waals surface area contributed by atoms with E-state index in [0.29, 0.717) is 37.5 Å². The van der Waals surface area contributed by atoms with E-state index in [2.05, 4.69) is 29.5 Å². The van der Waals surface area contributed by atoms with Crippen molar-refractivity contribution in [1.82, 2.24) is 16.1 Å². The van der Waals surface area contributed by atoms with Crippen LogP contribution in [0.5, 0.6) is 0 Å². The van der Waals surface area contributed by atoms with Crippen LogP contribution in [0.2, 0.25) is 0 Å². The lowest BCUT2D eigenvalue weighted by atomic mass is 9.88. The second kappa shape index (κ2) is 17.3. The van der Waals surface area contributed by atoms with E-state index in [4.69, 9.17) is 13.6 Å². The van der Waals surface area contributed by atoms with Crippen molar-refractivity contribution in [2.75, 3.05) is 6.54 Å². The van der Waals surface area contributed by atoms with E-state index in [9.17, 15) is 19.7 Å². The van der Waals surface area contributed by atoms with Gasteiger partial charge in [-0.3, -0.25) is 9.59 Å². The van der Waals surface area contributed by atoms with Gasteiger partial charge in [-0.15, -0.1) is 0 Å². The summed E-state index contributed by atoms with van der Waals surface area (Å²) in [6.07, 6.45) is 6.90. The Hall–Kier alpha value is -2.33. The summed E-state index contributed by atoms with van der Waals surface area (Å²) in [5.74, 6) is -0.506. The number of hydrogen-bond acceptors (Lipinski definition) is 5. The number of amides is 2. The highest BCUT2D eigenvalue weighted by atomic mass is 16.7. The Balaban J connectivity index is 4.87. The van der Waals surface area contributed by atoms with Crippen molar-refractivity contribution in [3.8, 4) is 0 Å². The molecule has 0 aliphatic heterocycles. The van der Waals surface area contributed by atoms with Crippen molar-refractivity contribution >= 4 is 25.6 Å². The molecule has 32 heavy (non-hydrogen) atoms. The molecule has 0 aliphatic carbocycles. The molecule has 0 saturated carbocycles. The number of nitrogens with two attached hydrogens (primary N) is 1. The van der Waals surface area contributed by atoms with Crippen molar-refractivity contribution in [3.05, 3.63) is 10.1 Å². The van der Waals surface area contributed by atoms with E-state index in [-0.39, 0.29) is 24.3 Å². The Labute approximate surface area is 193 Å². The maximum Gasteiger partial charge on any atom is 0.251 e. The van der Waals surface area contributed by atoms with E-state index >= 15 is 0 Å². The number of hydrazine groups is 1. The smallest absolute Gasteiger partial charge is 0.251 e. The zero-order valence-electron chi connectivity index (χ0n) is 20.1. The van der Waals surface area contributed by atoms with Crippen LogP contribution in [0.25, 0.3) is 0 Å². The monoisotopic (exact) mass is 452 g/mol. The summed E-state index contributed by atoms with van der Waals surface area (Å²) in [7, 11) is 5.99. The van der Waals surface area contributed by atoms with Gasteiger partial charge in [0.2, 0.25) is 11.8 Å². The number of rotatable bonds is 17. The van der Waals surface area contributed by atoms with Gasteiger partial charge in [-0.1, -0.05) is 58.8 Å². The highest BCUT2D eigenvalue weighted by molar-refractivity contribution is 6.13. The fourth-order valence-corrected chi connectivity index (χ4v) is 3.39. The molecule has 11 heteroatoms. The zero-order valence-corrected chi connectivity index (χ0v) is 20.1. The summed E-state index contributed by atoms with van der Waals surface area (Å²) in [5.41, 5.74) is 7.15. The number of unbranched alkanes of at least 4 members (excludes halogenated alkanes) is 1. The molecule has 0 aliphatic rings. The van der Waals surface area contributed by atoms with Gasteiger partial charge in [-0.2, -0.15) is 0 Å². The Kier molecular flexibility index (Phi) is 16.0. The fraction of sp³-hybridized carbons (Fsp3) is 0.857. The summed E-state index contributed by atoms with van der Waals surface area (Å²) in [4.78, 5) is 39.4. The van der Waals surface area contributed by atoms with Gasteiger partial charge in [0.05, 0.1) is 7.85 Å².